The number of carboxylic acid groups (broad SMARTS) is 1. The Balaban J connectivity index is 2.16. The average molecular weight is 344 g/mol. The highest BCUT2D eigenvalue weighted by Gasteiger charge is 2.48. The fourth-order valence-corrected chi connectivity index (χ4v) is 3.78. The van der Waals surface area contributed by atoms with Gasteiger partial charge in [0.05, 0.1) is 24.4 Å². The van der Waals surface area contributed by atoms with Gasteiger partial charge < -0.3 is 24.4 Å². The first-order valence-electron chi connectivity index (χ1n) is 9.06. The maximum absolute atomic E-state index is 11.4. The lowest BCUT2D eigenvalue weighted by molar-refractivity contribution is -0.304. The fourth-order valence-electron chi connectivity index (χ4n) is 3.78. The summed E-state index contributed by atoms with van der Waals surface area (Å²) in [7, 11) is 0. The molecule has 4 unspecified atom stereocenters. The Hall–Kier alpha value is -0.690. The standard InChI is InChI=1S/C18H32O6/c1-7-13-15(10(4)8(2)12(6)22-13)23-18-11(5)9(3)14(19)16(24-18)17(20)21/h8-16,18-19H,7H2,1-6H3,(H,20,21)/t8?,9?,10-,11?,12+,13?,14+,15-,16-,18+/m1/s1. The zero-order chi connectivity index (χ0) is 18.2. The minimum Gasteiger partial charge on any atom is -0.479 e. The summed E-state index contributed by atoms with van der Waals surface area (Å²) in [4.78, 5) is 11.4. The van der Waals surface area contributed by atoms with Gasteiger partial charge in [0, 0.05) is 5.92 Å². The molecule has 0 aromatic heterocycles. The zero-order valence-corrected chi connectivity index (χ0v) is 15.5. The molecule has 6 heteroatoms. The molecule has 0 spiro atoms. The average Bonchev–Trinajstić information content (AvgIpc) is 2.54. The molecular formula is C18H32O6. The number of ether oxygens (including phenoxy) is 3. The van der Waals surface area contributed by atoms with Crippen LogP contribution in [-0.2, 0) is 19.0 Å². The second kappa shape index (κ2) is 7.68. The van der Waals surface area contributed by atoms with Crippen LogP contribution in [0.15, 0.2) is 0 Å². The number of hydrogen-bond donors (Lipinski definition) is 2. The van der Waals surface area contributed by atoms with Crippen molar-refractivity contribution in [1.82, 2.24) is 0 Å². The van der Waals surface area contributed by atoms with E-state index in [1.165, 1.54) is 0 Å². The van der Waals surface area contributed by atoms with Crippen molar-refractivity contribution in [2.24, 2.45) is 23.7 Å². The lowest BCUT2D eigenvalue weighted by Gasteiger charge is -2.47. The van der Waals surface area contributed by atoms with Gasteiger partial charge in [-0.3, -0.25) is 0 Å². The highest BCUT2D eigenvalue weighted by atomic mass is 16.7. The highest BCUT2D eigenvalue weighted by molar-refractivity contribution is 5.73. The maximum atomic E-state index is 11.4. The zero-order valence-electron chi connectivity index (χ0n) is 15.5. The van der Waals surface area contributed by atoms with E-state index in [-0.39, 0.29) is 36.1 Å². The molecule has 0 aliphatic carbocycles. The molecule has 2 rings (SSSR count). The minimum atomic E-state index is -1.25. The number of hydrogen-bond acceptors (Lipinski definition) is 5. The molecule has 2 aliphatic heterocycles. The van der Waals surface area contributed by atoms with E-state index in [9.17, 15) is 15.0 Å². The van der Waals surface area contributed by atoms with Gasteiger partial charge in [-0.2, -0.15) is 0 Å². The molecule has 2 N–H and O–H groups in total. The van der Waals surface area contributed by atoms with Crippen molar-refractivity contribution < 1.29 is 29.2 Å². The summed E-state index contributed by atoms with van der Waals surface area (Å²) < 4.78 is 18.0. The maximum Gasteiger partial charge on any atom is 0.335 e. The first kappa shape index (κ1) is 19.6. The third-order valence-corrected chi connectivity index (χ3v) is 6.17. The molecule has 24 heavy (non-hydrogen) atoms. The van der Waals surface area contributed by atoms with E-state index < -0.39 is 24.5 Å². The molecule has 0 saturated carbocycles. The normalized spacial score (nSPS) is 49.8. The quantitative estimate of drug-likeness (QED) is 0.814. The Morgan fingerprint density at radius 3 is 2.17 bits per heavy atom. The van der Waals surface area contributed by atoms with E-state index in [0.717, 1.165) is 6.42 Å². The van der Waals surface area contributed by atoms with Crippen molar-refractivity contribution in [2.75, 3.05) is 0 Å². The molecule has 0 aromatic rings. The fraction of sp³-hybridized carbons (Fsp3) is 0.944. The van der Waals surface area contributed by atoms with Crippen molar-refractivity contribution in [3.63, 3.8) is 0 Å². The summed E-state index contributed by atoms with van der Waals surface area (Å²) in [6.07, 6.45) is -2.13. The molecule has 6 nitrogen and oxygen atoms in total. The molecule has 2 aliphatic rings. The second-order valence-corrected chi connectivity index (χ2v) is 7.58. The van der Waals surface area contributed by atoms with Crippen LogP contribution in [0.4, 0.5) is 0 Å². The van der Waals surface area contributed by atoms with E-state index in [2.05, 4.69) is 27.7 Å². The number of aliphatic carboxylic acids is 1. The van der Waals surface area contributed by atoms with Gasteiger partial charge in [0.25, 0.3) is 0 Å². The van der Waals surface area contributed by atoms with Gasteiger partial charge in [0.15, 0.2) is 12.4 Å². The van der Waals surface area contributed by atoms with Crippen LogP contribution in [0.25, 0.3) is 0 Å². The van der Waals surface area contributed by atoms with E-state index in [4.69, 9.17) is 14.2 Å². The van der Waals surface area contributed by atoms with Crippen LogP contribution in [0.1, 0.15) is 48.0 Å². The second-order valence-electron chi connectivity index (χ2n) is 7.58. The molecule has 0 radical (unpaired) electrons. The minimum absolute atomic E-state index is 0.0348. The van der Waals surface area contributed by atoms with Gasteiger partial charge >= 0.3 is 5.97 Å². The SMILES string of the molecule is CCC1O[C@@H](C)C(C)[C@@H](C)[C@H]1O[C@H]1O[C@@H](C(=O)O)[C@@H](O)C(C)C1C. The van der Waals surface area contributed by atoms with Crippen LogP contribution in [0.5, 0.6) is 0 Å². The van der Waals surface area contributed by atoms with Gasteiger partial charge in [-0.1, -0.05) is 34.6 Å². The summed E-state index contributed by atoms with van der Waals surface area (Å²) in [5.41, 5.74) is 0. The highest BCUT2D eigenvalue weighted by Crippen LogP contribution is 2.38. The Morgan fingerprint density at radius 2 is 1.62 bits per heavy atom. The third-order valence-electron chi connectivity index (χ3n) is 6.17. The summed E-state index contributed by atoms with van der Waals surface area (Å²) in [6.45, 7) is 12.2. The van der Waals surface area contributed by atoms with Crippen LogP contribution in [0, 0.1) is 23.7 Å². The Kier molecular flexibility index (Phi) is 6.29. The van der Waals surface area contributed by atoms with Crippen molar-refractivity contribution in [2.45, 2.75) is 84.8 Å². The first-order chi connectivity index (χ1) is 11.2. The molecule has 2 fully saturated rings. The van der Waals surface area contributed by atoms with Gasteiger partial charge in [0.1, 0.15) is 0 Å². The van der Waals surface area contributed by atoms with Crippen LogP contribution < -0.4 is 0 Å². The Morgan fingerprint density at radius 1 is 1.00 bits per heavy atom. The van der Waals surface area contributed by atoms with E-state index in [1.54, 1.807) is 0 Å². The first-order valence-corrected chi connectivity index (χ1v) is 9.06. The summed E-state index contributed by atoms with van der Waals surface area (Å²) in [6, 6.07) is 0. The molecule has 10 atom stereocenters. The molecule has 0 amide bonds. The lowest BCUT2D eigenvalue weighted by atomic mass is 9.80. The van der Waals surface area contributed by atoms with Gasteiger partial charge in [0.2, 0.25) is 0 Å². The van der Waals surface area contributed by atoms with Crippen LogP contribution in [-0.4, -0.2) is 53.0 Å². The van der Waals surface area contributed by atoms with E-state index >= 15 is 0 Å². The van der Waals surface area contributed by atoms with Gasteiger partial charge in [-0.05, 0) is 31.1 Å². The number of aliphatic hydroxyl groups excluding tert-OH is 1. The number of carbonyl (C=O) groups is 1. The summed E-state index contributed by atoms with van der Waals surface area (Å²) in [5, 5.41) is 19.4. The van der Waals surface area contributed by atoms with Gasteiger partial charge in [-0.15, -0.1) is 0 Å². The topological polar surface area (TPSA) is 85.2 Å². The van der Waals surface area contributed by atoms with Crippen LogP contribution in [0.2, 0.25) is 0 Å². The van der Waals surface area contributed by atoms with Crippen molar-refractivity contribution in [1.29, 1.82) is 0 Å². The summed E-state index contributed by atoms with van der Waals surface area (Å²) >= 11 is 0. The lowest BCUT2D eigenvalue weighted by Crippen LogP contribution is -2.57. The molecule has 2 saturated heterocycles. The van der Waals surface area contributed by atoms with Crippen molar-refractivity contribution in [3.05, 3.63) is 0 Å². The van der Waals surface area contributed by atoms with E-state index in [0.29, 0.717) is 5.92 Å². The predicted molar refractivity (Wildman–Crippen MR) is 88.5 cm³/mol. The van der Waals surface area contributed by atoms with Crippen LogP contribution in [0.3, 0.4) is 0 Å². The molecule has 0 bridgehead atoms. The monoisotopic (exact) mass is 344 g/mol. The number of aliphatic hydroxyl groups is 1. The number of rotatable bonds is 4. The smallest absolute Gasteiger partial charge is 0.335 e. The predicted octanol–water partition coefficient (Wildman–Crippen LogP) is 2.28. The molecule has 0 aromatic carbocycles. The van der Waals surface area contributed by atoms with E-state index in [1.807, 2.05) is 13.8 Å². The number of carboxylic acids is 1. The Labute approximate surface area is 144 Å². The molecule has 2 heterocycles. The summed E-state index contributed by atoms with van der Waals surface area (Å²) in [5.74, 6) is -0.859. The van der Waals surface area contributed by atoms with Crippen molar-refractivity contribution >= 4 is 5.97 Å². The Bertz CT molecular complexity index is 439. The third kappa shape index (κ3) is 3.62. The van der Waals surface area contributed by atoms with Crippen LogP contribution >= 0.6 is 0 Å². The molecular weight excluding hydrogens is 312 g/mol. The van der Waals surface area contributed by atoms with Gasteiger partial charge in [-0.25, -0.2) is 4.79 Å². The van der Waals surface area contributed by atoms with Crippen molar-refractivity contribution in [3.8, 4) is 0 Å². The largest absolute Gasteiger partial charge is 0.479 e. The molecule has 140 valence electrons.